The van der Waals surface area contributed by atoms with Crippen molar-refractivity contribution in [1.82, 2.24) is 0 Å². The predicted octanol–water partition coefficient (Wildman–Crippen LogP) is 3.65. The lowest BCUT2D eigenvalue weighted by Crippen LogP contribution is -2.33. The van der Waals surface area contributed by atoms with Gasteiger partial charge < -0.3 is 5.11 Å². The van der Waals surface area contributed by atoms with Gasteiger partial charge in [-0.15, -0.1) is 11.3 Å². The van der Waals surface area contributed by atoms with E-state index < -0.39 is 0 Å². The SMILES string of the molecule is CCc1ccc(CC2(CO)CC3CCC2C3)s1. The molecular weight excluding hydrogens is 228 g/mol. The molecule has 3 rings (SSSR count). The number of fused-ring (bicyclic) bond motifs is 2. The number of aliphatic hydroxyl groups excluding tert-OH is 1. The number of aliphatic hydroxyl groups is 1. The predicted molar refractivity (Wildman–Crippen MR) is 72.4 cm³/mol. The standard InChI is InChI=1S/C15H22OS/c1-2-13-5-6-14(17-13)9-15(10-16)8-11-3-4-12(15)7-11/h5-6,11-12,16H,2-4,7-10H2,1H3. The molecule has 1 N–H and O–H groups in total. The first-order chi connectivity index (χ1) is 8.25. The van der Waals surface area contributed by atoms with Crippen molar-refractivity contribution in [2.45, 2.75) is 45.4 Å². The van der Waals surface area contributed by atoms with Crippen molar-refractivity contribution in [2.75, 3.05) is 6.61 Å². The van der Waals surface area contributed by atoms with E-state index >= 15 is 0 Å². The van der Waals surface area contributed by atoms with Crippen LogP contribution in [0.4, 0.5) is 0 Å². The number of aryl methyl sites for hydroxylation is 1. The minimum Gasteiger partial charge on any atom is -0.396 e. The molecule has 2 bridgehead atoms. The van der Waals surface area contributed by atoms with Gasteiger partial charge in [-0.3, -0.25) is 0 Å². The van der Waals surface area contributed by atoms with Crippen LogP contribution in [0.5, 0.6) is 0 Å². The molecule has 0 aliphatic heterocycles. The van der Waals surface area contributed by atoms with E-state index in [4.69, 9.17) is 0 Å². The van der Waals surface area contributed by atoms with E-state index in [9.17, 15) is 5.11 Å². The third-order valence-electron chi connectivity index (χ3n) is 5.01. The molecule has 2 aliphatic rings. The van der Waals surface area contributed by atoms with Gasteiger partial charge in [0, 0.05) is 21.8 Å². The fraction of sp³-hybridized carbons (Fsp3) is 0.733. The van der Waals surface area contributed by atoms with Crippen LogP contribution in [0.1, 0.15) is 42.4 Å². The van der Waals surface area contributed by atoms with Gasteiger partial charge in [-0.05, 0) is 56.1 Å². The van der Waals surface area contributed by atoms with Crippen LogP contribution >= 0.6 is 11.3 Å². The van der Waals surface area contributed by atoms with Gasteiger partial charge in [-0.1, -0.05) is 13.3 Å². The lowest BCUT2D eigenvalue weighted by atomic mass is 9.71. The highest BCUT2D eigenvalue weighted by atomic mass is 32.1. The first-order valence-electron chi connectivity index (χ1n) is 6.94. The zero-order valence-electron chi connectivity index (χ0n) is 10.6. The van der Waals surface area contributed by atoms with Crippen LogP contribution in [0.3, 0.4) is 0 Å². The molecule has 3 atom stereocenters. The fourth-order valence-electron chi connectivity index (χ4n) is 4.08. The Labute approximate surface area is 108 Å². The summed E-state index contributed by atoms with van der Waals surface area (Å²) in [4.78, 5) is 2.97. The molecule has 1 aromatic rings. The average molecular weight is 250 g/mol. The molecule has 0 saturated heterocycles. The molecule has 1 aromatic heterocycles. The highest BCUT2D eigenvalue weighted by Crippen LogP contribution is 2.57. The summed E-state index contributed by atoms with van der Waals surface area (Å²) in [5.74, 6) is 1.71. The molecule has 2 heteroatoms. The van der Waals surface area contributed by atoms with Crippen LogP contribution in [-0.2, 0) is 12.8 Å². The van der Waals surface area contributed by atoms with E-state index in [1.807, 2.05) is 11.3 Å². The normalized spacial score (nSPS) is 35.6. The molecule has 0 spiro atoms. The summed E-state index contributed by atoms with van der Waals surface area (Å²) < 4.78 is 0. The second kappa shape index (κ2) is 4.40. The highest BCUT2D eigenvalue weighted by molar-refractivity contribution is 7.11. The van der Waals surface area contributed by atoms with Crippen LogP contribution in [-0.4, -0.2) is 11.7 Å². The second-order valence-corrected chi connectivity index (χ2v) is 7.25. The Balaban J connectivity index is 1.78. The van der Waals surface area contributed by atoms with Crippen molar-refractivity contribution < 1.29 is 5.11 Å². The fourth-order valence-corrected chi connectivity index (χ4v) is 5.19. The van der Waals surface area contributed by atoms with Gasteiger partial charge in [-0.25, -0.2) is 0 Å². The van der Waals surface area contributed by atoms with Crippen molar-refractivity contribution in [3.8, 4) is 0 Å². The quantitative estimate of drug-likeness (QED) is 0.865. The van der Waals surface area contributed by atoms with Gasteiger partial charge in [0.2, 0.25) is 0 Å². The largest absolute Gasteiger partial charge is 0.396 e. The van der Waals surface area contributed by atoms with E-state index in [0.717, 1.165) is 24.7 Å². The third-order valence-corrected chi connectivity index (χ3v) is 6.24. The Kier molecular flexibility index (Phi) is 3.04. The lowest BCUT2D eigenvalue weighted by Gasteiger charge is -2.35. The Morgan fingerprint density at radius 2 is 2.18 bits per heavy atom. The van der Waals surface area contributed by atoms with Gasteiger partial charge in [0.25, 0.3) is 0 Å². The molecule has 0 radical (unpaired) electrons. The minimum atomic E-state index is 0.235. The van der Waals surface area contributed by atoms with Gasteiger partial charge >= 0.3 is 0 Å². The first-order valence-corrected chi connectivity index (χ1v) is 7.76. The van der Waals surface area contributed by atoms with Crippen LogP contribution in [0.25, 0.3) is 0 Å². The zero-order chi connectivity index (χ0) is 11.9. The van der Waals surface area contributed by atoms with Gasteiger partial charge in [0.05, 0.1) is 0 Å². The van der Waals surface area contributed by atoms with E-state index in [2.05, 4.69) is 19.1 Å². The topological polar surface area (TPSA) is 20.2 Å². The first kappa shape index (κ1) is 11.7. The molecule has 1 nitrogen and oxygen atoms in total. The van der Waals surface area contributed by atoms with Gasteiger partial charge in [0.15, 0.2) is 0 Å². The second-order valence-electron chi connectivity index (χ2n) is 6.00. The van der Waals surface area contributed by atoms with Crippen molar-refractivity contribution in [3.63, 3.8) is 0 Å². The summed E-state index contributed by atoms with van der Waals surface area (Å²) in [6.45, 7) is 2.61. The summed E-state index contributed by atoms with van der Waals surface area (Å²) in [6, 6.07) is 4.55. The maximum atomic E-state index is 9.87. The van der Waals surface area contributed by atoms with Crippen LogP contribution in [0, 0.1) is 17.3 Å². The molecule has 2 saturated carbocycles. The Bertz CT molecular complexity index is 397. The number of rotatable bonds is 4. The smallest absolute Gasteiger partial charge is 0.0493 e. The van der Waals surface area contributed by atoms with Crippen LogP contribution < -0.4 is 0 Å². The highest BCUT2D eigenvalue weighted by Gasteiger charge is 2.50. The van der Waals surface area contributed by atoms with Gasteiger partial charge in [0.1, 0.15) is 0 Å². The Morgan fingerprint density at radius 1 is 1.35 bits per heavy atom. The maximum Gasteiger partial charge on any atom is 0.0493 e. The van der Waals surface area contributed by atoms with E-state index in [1.54, 1.807) is 0 Å². The van der Waals surface area contributed by atoms with Crippen molar-refractivity contribution in [1.29, 1.82) is 0 Å². The summed E-state index contributed by atoms with van der Waals surface area (Å²) in [7, 11) is 0. The average Bonchev–Trinajstić information content (AvgIpc) is 3.04. The summed E-state index contributed by atoms with van der Waals surface area (Å²) in [6.07, 6.45) is 7.69. The number of hydrogen-bond donors (Lipinski definition) is 1. The maximum absolute atomic E-state index is 9.87. The molecule has 1 heterocycles. The zero-order valence-corrected chi connectivity index (χ0v) is 11.4. The third kappa shape index (κ3) is 1.96. The number of hydrogen-bond acceptors (Lipinski definition) is 2. The Morgan fingerprint density at radius 3 is 2.71 bits per heavy atom. The van der Waals surface area contributed by atoms with Crippen molar-refractivity contribution in [2.24, 2.45) is 17.3 Å². The summed E-state index contributed by atoms with van der Waals surface area (Å²) in [5, 5.41) is 9.87. The molecule has 3 unspecified atom stereocenters. The molecule has 0 aromatic carbocycles. The number of thiophene rings is 1. The van der Waals surface area contributed by atoms with Gasteiger partial charge in [-0.2, -0.15) is 0 Å². The molecule has 94 valence electrons. The molecular formula is C15H22OS. The van der Waals surface area contributed by atoms with Crippen molar-refractivity contribution >= 4 is 11.3 Å². The molecule has 0 amide bonds. The lowest BCUT2D eigenvalue weighted by molar-refractivity contribution is 0.0659. The van der Waals surface area contributed by atoms with Crippen molar-refractivity contribution in [3.05, 3.63) is 21.9 Å². The summed E-state index contributed by atoms with van der Waals surface area (Å²) in [5.41, 5.74) is 0.235. The monoisotopic (exact) mass is 250 g/mol. The van der Waals surface area contributed by atoms with E-state index in [-0.39, 0.29) is 5.41 Å². The molecule has 2 fully saturated rings. The molecule has 17 heavy (non-hydrogen) atoms. The molecule has 2 aliphatic carbocycles. The van der Waals surface area contributed by atoms with Crippen LogP contribution in [0.2, 0.25) is 0 Å². The van der Waals surface area contributed by atoms with E-state index in [1.165, 1.54) is 35.4 Å². The minimum absolute atomic E-state index is 0.235. The van der Waals surface area contributed by atoms with Crippen LogP contribution in [0.15, 0.2) is 12.1 Å². The Hall–Kier alpha value is -0.340. The van der Waals surface area contributed by atoms with E-state index in [0.29, 0.717) is 6.61 Å². The summed E-state index contributed by atoms with van der Waals surface area (Å²) >= 11 is 1.95.